The lowest BCUT2D eigenvalue weighted by molar-refractivity contribution is -0.119. The van der Waals surface area contributed by atoms with Crippen molar-refractivity contribution in [2.45, 2.75) is 30.2 Å². The lowest BCUT2D eigenvalue weighted by atomic mass is 9.98. The van der Waals surface area contributed by atoms with Crippen molar-refractivity contribution in [3.05, 3.63) is 29.3 Å². The van der Waals surface area contributed by atoms with Crippen molar-refractivity contribution in [3.8, 4) is 6.07 Å². The van der Waals surface area contributed by atoms with E-state index < -0.39 is 5.54 Å². The molecule has 0 aliphatic heterocycles. The largest absolute Gasteiger partial charge is 0.337 e. The maximum absolute atomic E-state index is 11.9. The molecule has 1 aromatic carbocycles. The van der Waals surface area contributed by atoms with Gasteiger partial charge in [0.05, 0.1) is 11.8 Å². The average molecular weight is 295 g/mol. The topological polar surface area (TPSA) is 52.9 Å². The number of rotatable bonds is 5. The van der Waals surface area contributed by atoms with Gasteiger partial charge in [-0.3, -0.25) is 4.79 Å². The maximum Gasteiger partial charge on any atom is 0.231 e. The molecule has 1 aliphatic carbocycles. The van der Waals surface area contributed by atoms with Crippen molar-refractivity contribution >= 4 is 29.3 Å². The third kappa shape index (κ3) is 3.89. The van der Waals surface area contributed by atoms with Gasteiger partial charge in [0.2, 0.25) is 5.91 Å². The monoisotopic (exact) mass is 294 g/mol. The molecule has 0 bridgehead atoms. The van der Waals surface area contributed by atoms with Crippen molar-refractivity contribution in [3.63, 3.8) is 0 Å². The van der Waals surface area contributed by atoms with Gasteiger partial charge in [0.1, 0.15) is 5.54 Å². The van der Waals surface area contributed by atoms with E-state index >= 15 is 0 Å². The van der Waals surface area contributed by atoms with Crippen molar-refractivity contribution < 1.29 is 4.79 Å². The quantitative estimate of drug-likeness (QED) is 0.848. The van der Waals surface area contributed by atoms with Gasteiger partial charge in [0.25, 0.3) is 0 Å². The van der Waals surface area contributed by atoms with Crippen LogP contribution in [-0.4, -0.2) is 17.2 Å². The minimum absolute atomic E-state index is 0.101. The van der Waals surface area contributed by atoms with Gasteiger partial charge in [-0.15, -0.1) is 11.8 Å². The molecule has 19 heavy (non-hydrogen) atoms. The van der Waals surface area contributed by atoms with Crippen molar-refractivity contribution in [2.75, 3.05) is 5.75 Å². The summed E-state index contributed by atoms with van der Waals surface area (Å²) in [5, 5.41) is 12.7. The first kappa shape index (κ1) is 14.2. The van der Waals surface area contributed by atoms with Gasteiger partial charge in [-0.1, -0.05) is 11.6 Å². The van der Waals surface area contributed by atoms with Crippen LogP contribution >= 0.6 is 23.4 Å². The van der Waals surface area contributed by atoms with Gasteiger partial charge in [-0.2, -0.15) is 5.26 Å². The third-order valence-electron chi connectivity index (χ3n) is 3.21. The molecule has 0 spiro atoms. The van der Waals surface area contributed by atoms with Gasteiger partial charge >= 0.3 is 0 Å². The fourth-order valence-corrected chi connectivity index (χ4v) is 2.71. The molecule has 0 aromatic heterocycles. The molecule has 1 saturated carbocycles. The Balaban J connectivity index is 1.84. The number of nitriles is 1. The van der Waals surface area contributed by atoms with Crippen LogP contribution in [0.2, 0.25) is 5.02 Å². The minimum Gasteiger partial charge on any atom is -0.337 e. The number of amides is 1. The third-order valence-corrected chi connectivity index (χ3v) is 4.47. The number of nitrogens with one attached hydrogen (secondary N) is 1. The molecule has 0 saturated heterocycles. The van der Waals surface area contributed by atoms with Crippen LogP contribution in [0.5, 0.6) is 0 Å². The van der Waals surface area contributed by atoms with Crippen LogP contribution in [0.25, 0.3) is 0 Å². The molecule has 1 atom stereocenters. The van der Waals surface area contributed by atoms with E-state index in [1.54, 1.807) is 19.1 Å². The predicted octanol–water partition coefficient (Wildman–Crippen LogP) is 3.24. The number of halogens is 1. The van der Waals surface area contributed by atoms with Crippen LogP contribution < -0.4 is 5.32 Å². The number of thioether (sulfide) groups is 1. The zero-order valence-electron chi connectivity index (χ0n) is 10.6. The summed E-state index contributed by atoms with van der Waals surface area (Å²) >= 11 is 7.24. The minimum atomic E-state index is -0.711. The summed E-state index contributed by atoms with van der Waals surface area (Å²) in [7, 11) is 0. The molecule has 1 N–H and O–H groups in total. The second kappa shape index (κ2) is 5.85. The van der Waals surface area contributed by atoms with E-state index in [1.165, 1.54) is 11.8 Å². The molecule has 1 aromatic rings. The number of hydrogen-bond acceptors (Lipinski definition) is 3. The highest BCUT2D eigenvalue weighted by Gasteiger charge is 2.42. The molecule has 5 heteroatoms. The van der Waals surface area contributed by atoms with E-state index in [4.69, 9.17) is 11.6 Å². The molecule has 100 valence electrons. The fourth-order valence-electron chi connectivity index (χ4n) is 1.89. The maximum atomic E-state index is 11.9. The molecule has 1 fully saturated rings. The summed E-state index contributed by atoms with van der Waals surface area (Å²) < 4.78 is 0. The van der Waals surface area contributed by atoms with Crippen LogP contribution in [0.1, 0.15) is 19.8 Å². The lowest BCUT2D eigenvalue weighted by Gasteiger charge is -2.22. The van der Waals surface area contributed by atoms with Crippen LogP contribution in [0, 0.1) is 17.2 Å². The van der Waals surface area contributed by atoms with Gasteiger partial charge in [-0.25, -0.2) is 0 Å². The number of carbonyl (C=O) groups excluding carboxylic acids is 1. The second-order valence-corrected chi connectivity index (χ2v) is 6.36. The first-order chi connectivity index (χ1) is 9.03. The Labute approximate surface area is 122 Å². The van der Waals surface area contributed by atoms with E-state index in [9.17, 15) is 10.1 Å². The first-order valence-electron chi connectivity index (χ1n) is 6.14. The Morgan fingerprint density at radius 3 is 2.68 bits per heavy atom. The molecule has 2 rings (SSSR count). The second-order valence-electron chi connectivity index (χ2n) is 4.88. The Morgan fingerprint density at radius 1 is 1.53 bits per heavy atom. The highest BCUT2D eigenvalue weighted by atomic mass is 35.5. The molecule has 0 heterocycles. The number of nitrogens with zero attached hydrogens (tertiary/aromatic N) is 1. The lowest BCUT2D eigenvalue weighted by Crippen LogP contribution is -2.47. The average Bonchev–Trinajstić information content (AvgIpc) is 3.22. The summed E-state index contributed by atoms with van der Waals surface area (Å²) in [5.74, 6) is 0.518. The number of benzene rings is 1. The Kier molecular flexibility index (Phi) is 4.38. The van der Waals surface area contributed by atoms with Crippen LogP contribution in [0.15, 0.2) is 29.2 Å². The molecule has 1 amide bonds. The molecule has 0 unspecified atom stereocenters. The zero-order valence-corrected chi connectivity index (χ0v) is 12.2. The van der Waals surface area contributed by atoms with E-state index in [2.05, 4.69) is 11.4 Å². The van der Waals surface area contributed by atoms with Crippen molar-refractivity contribution in [2.24, 2.45) is 5.92 Å². The smallest absolute Gasteiger partial charge is 0.231 e. The molecular weight excluding hydrogens is 280 g/mol. The van der Waals surface area contributed by atoms with Gasteiger partial charge in [-0.05, 0) is 49.9 Å². The number of carbonyl (C=O) groups is 1. The normalized spacial score (nSPS) is 17.3. The summed E-state index contributed by atoms with van der Waals surface area (Å²) in [6.07, 6.45) is 2.04. The van der Waals surface area contributed by atoms with Gasteiger partial charge < -0.3 is 5.32 Å². The highest BCUT2D eigenvalue weighted by molar-refractivity contribution is 8.00. The van der Waals surface area contributed by atoms with E-state index in [0.29, 0.717) is 16.7 Å². The highest BCUT2D eigenvalue weighted by Crippen LogP contribution is 2.39. The van der Waals surface area contributed by atoms with E-state index in [1.807, 2.05) is 12.1 Å². The van der Waals surface area contributed by atoms with Gasteiger partial charge in [0.15, 0.2) is 0 Å². The SMILES string of the molecule is C[C@](C#N)(NC(=O)CSc1ccc(Cl)cc1)C1CC1. The van der Waals surface area contributed by atoms with E-state index in [0.717, 1.165) is 17.7 Å². The summed E-state index contributed by atoms with van der Waals surface area (Å²) in [4.78, 5) is 12.9. The van der Waals surface area contributed by atoms with Crippen LogP contribution in [0.4, 0.5) is 0 Å². The van der Waals surface area contributed by atoms with E-state index in [-0.39, 0.29) is 5.91 Å². The van der Waals surface area contributed by atoms with Crippen molar-refractivity contribution in [1.82, 2.24) is 5.32 Å². The number of hydrogen-bond donors (Lipinski definition) is 1. The van der Waals surface area contributed by atoms with Crippen LogP contribution in [0.3, 0.4) is 0 Å². The standard InChI is InChI=1S/C14H15ClN2OS/c1-14(9-16,10-2-3-10)17-13(18)8-19-12-6-4-11(15)5-7-12/h4-7,10H,2-3,8H2,1H3,(H,17,18)/t14-/m1/s1. The summed E-state index contributed by atoms with van der Waals surface area (Å²) in [6, 6.07) is 9.57. The fraction of sp³-hybridized carbons (Fsp3) is 0.429. The summed E-state index contributed by atoms with van der Waals surface area (Å²) in [6.45, 7) is 1.80. The van der Waals surface area contributed by atoms with Gasteiger partial charge in [0, 0.05) is 9.92 Å². The Bertz CT molecular complexity index is 507. The predicted molar refractivity (Wildman–Crippen MR) is 77.1 cm³/mol. The summed E-state index contributed by atoms with van der Waals surface area (Å²) in [5.41, 5.74) is -0.711. The molecular formula is C14H15ClN2OS. The van der Waals surface area contributed by atoms with Crippen molar-refractivity contribution in [1.29, 1.82) is 5.26 Å². The Morgan fingerprint density at radius 2 is 2.16 bits per heavy atom. The first-order valence-corrected chi connectivity index (χ1v) is 7.50. The zero-order chi connectivity index (χ0) is 13.9. The molecule has 3 nitrogen and oxygen atoms in total. The molecule has 1 aliphatic rings. The van der Waals surface area contributed by atoms with Crippen LogP contribution in [-0.2, 0) is 4.79 Å². The Hall–Kier alpha value is -1.18. The molecule has 0 radical (unpaired) electrons.